The van der Waals surface area contributed by atoms with Gasteiger partial charge in [0, 0.05) is 0 Å². The molecule has 2 aromatic rings. The highest BCUT2D eigenvalue weighted by Gasteiger charge is 2.60. The van der Waals surface area contributed by atoms with E-state index in [1.54, 1.807) is 12.1 Å². The highest BCUT2D eigenvalue weighted by Crippen LogP contribution is 2.67. The Morgan fingerprint density at radius 1 is 1.00 bits per heavy atom. The second kappa shape index (κ2) is 5.83. The average molecular weight is 365 g/mol. The molecule has 2 aromatic carbocycles. The molecule has 5 atom stereocenters. The zero-order valence-corrected chi connectivity index (χ0v) is 16.3. The van der Waals surface area contributed by atoms with Crippen LogP contribution in [-0.4, -0.2) is 5.11 Å². The molecule has 27 heavy (non-hydrogen) atoms. The van der Waals surface area contributed by atoms with Crippen molar-refractivity contribution in [2.45, 2.75) is 63.7 Å². The van der Waals surface area contributed by atoms with Crippen LogP contribution in [-0.2, 0) is 11.8 Å². The average Bonchev–Trinajstić information content (AvgIpc) is 2.94. The Balaban J connectivity index is 1.52. The summed E-state index contributed by atoms with van der Waals surface area (Å²) in [6.45, 7) is 4.87. The molecule has 0 bridgehead atoms. The number of phenolic OH excluding ortho intramolecular Hbond substituents is 1. The maximum absolute atomic E-state index is 14.0. The Labute approximate surface area is 161 Å². The number of benzene rings is 2. The lowest BCUT2D eigenvalue weighted by Crippen LogP contribution is -2.47. The molecule has 0 heterocycles. The molecule has 2 saturated carbocycles. The van der Waals surface area contributed by atoms with Gasteiger partial charge in [0.25, 0.3) is 0 Å². The van der Waals surface area contributed by atoms with Gasteiger partial charge in [-0.1, -0.05) is 32.0 Å². The van der Waals surface area contributed by atoms with Crippen LogP contribution in [0.15, 0.2) is 42.5 Å². The predicted molar refractivity (Wildman–Crippen MR) is 106 cm³/mol. The Hall–Kier alpha value is -1.83. The Kier molecular flexibility index (Phi) is 3.73. The fourth-order valence-electron chi connectivity index (χ4n) is 7.14. The topological polar surface area (TPSA) is 20.2 Å². The van der Waals surface area contributed by atoms with Gasteiger partial charge in [-0.15, -0.1) is 0 Å². The van der Waals surface area contributed by atoms with Crippen LogP contribution in [0.3, 0.4) is 0 Å². The van der Waals surface area contributed by atoms with Crippen molar-refractivity contribution in [2.24, 2.45) is 17.3 Å². The van der Waals surface area contributed by atoms with Crippen molar-refractivity contribution in [3.63, 3.8) is 0 Å². The van der Waals surface area contributed by atoms with E-state index in [9.17, 15) is 9.50 Å². The third-order valence-electron chi connectivity index (χ3n) is 8.78. The third-order valence-corrected chi connectivity index (χ3v) is 8.78. The standard InChI is InChI=1S/C25H29FO/c1-24(17-4-3-5-18(26)15-17)13-11-23-22-8-6-16-14-19(27)7-9-20(16)21(22)10-12-25(23,24)2/h3-5,7,9,14-15,21-23,27H,6,8,10-13H2,1-2H3/t21-,22-,23+,24-,25+/m1/s1. The maximum Gasteiger partial charge on any atom is 0.123 e. The van der Waals surface area contributed by atoms with Crippen LogP contribution in [0.2, 0.25) is 0 Å². The van der Waals surface area contributed by atoms with Gasteiger partial charge in [-0.05, 0) is 108 Å². The van der Waals surface area contributed by atoms with Gasteiger partial charge >= 0.3 is 0 Å². The smallest absolute Gasteiger partial charge is 0.123 e. The number of aryl methyl sites for hydroxylation is 1. The van der Waals surface area contributed by atoms with E-state index >= 15 is 0 Å². The predicted octanol–water partition coefficient (Wildman–Crippen LogP) is 6.35. The number of aromatic hydroxyl groups is 1. The van der Waals surface area contributed by atoms with Gasteiger partial charge in [0.15, 0.2) is 0 Å². The quantitative estimate of drug-likeness (QED) is 0.625. The highest BCUT2D eigenvalue weighted by atomic mass is 19.1. The van der Waals surface area contributed by atoms with Crippen LogP contribution < -0.4 is 0 Å². The van der Waals surface area contributed by atoms with Crippen molar-refractivity contribution in [2.75, 3.05) is 0 Å². The number of hydrogen-bond donors (Lipinski definition) is 1. The van der Waals surface area contributed by atoms with Gasteiger partial charge in [0.05, 0.1) is 0 Å². The summed E-state index contributed by atoms with van der Waals surface area (Å²) in [6.07, 6.45) is 7.11. The number of hydrogen-bond acceptors (Lipinski definition) is 1. The molecule has 0 saturated heterocycles. The van der Waals surface area contributed by atoms with Crippen molar-refractivity contribution in [1.82, 2.24) is 0 Å². The molecular weight excluding hydrogens is 335 g/mol. The van der Waals surface area contributed by atoms with E-state index in [-0.39, 0.29) is 16.6 Å². The Bertz CT molecular complexity index is 890. The van der Waals surface area contributed by atoms with Crippen molar-refractivity contribution < 1.29 is 9.50 Å². The molecule has 1 nitrogen and oxygen atoms in total. The van der Waals surface area contributed by atoms with Gasteiger partial charge in [-0.3, -0.25) is 0 Å². The fourth-order valence-corrected chi connectivity index (χ4v) is 7.14. The Morgan fingerprint density at radius 3 is 2.67 bits per heavy atom. The Morgan fingerprint density at radius 2 is 1.85 bits per heavy atom. The van der Waals surface area contributed by atoms with Crippen LogP contribution in [0.4, 0.5) is 4.39 Å². The largest absolute Gasteiger partial charge is 0.508 e. The summed E-state index contributed by atoms with van der Waals surface area (Å²) in [6, 6.07) is 13.4. The summed E-state index contributed by atoms with van der Waals surface area (Å²) in [5, 5.41) is 9.86. The zero-order chi connectivity index (χ0) is 18.8. The second-order valence-corrected chi connectivity index (χ2v) is 9.64. The third kappa shape index (κ3) is 2.35. The number of halogens is 1. The summed E-state index contributed by atoms with van der Waals surface area (Å²) < 4.78 is 14.0. The van der Waals surface area contributed by atoms with E-state index in [0.29, 0.717) is 17.6 Å². The molecule has 142 valence electrons. The molecule has 0 unspecified atom stereocenters. The fraction of sp³-hybridized carbons (Fsp3) is 0.520. The molecule has 1 N–H and O–H groups in total. The molecule has 3 aliphatic rings. The highest BCUT2D eigenvalue weighted by molar-refractivity contribution is 5.41. The normalized spacial score (nSPS) is 37.4. The molecule has 5 rings (SSSR count). The van der Waals surface area contributed by atoms with E-state index in [1.165, 1.54) is 42.4 Å². The van der Waals surface area contributed by atoms with Crippen molar-refractivity contribution in [3.8, 4) is 5.75 Å². The van der Waals surface area contributed by atoms with E-state index in [4.69, 9.17) is 0 Å². The van der Waals surface area contributed by atoms with Crippen LogP contribution in [0, 0.1) is 23.1 Å². The van der Waals surface area contributed by atoms with E-state index < -0.39 is 0 Å². The first-order valence-electron chi connectivity index (χ1n) is 10.5. The van der Waals surface area contributed by atoms with Crippen LogP contribution >= 0.6 is 0 Å². The summed E-state index contributed by atoms with van der Waals surface area (Å²) in [7, 11) is 0. The summed E-state index contributed by atoms with van der Waals surface area (Å²) in [5.74, 6) is 2.33. The number of rotatable bonds is 1. The number of phenols is 1. The summed E-state index contributed by atoms with van der Waals surface area (Å²) in [4.78, 5) is 0. The van der Waals surface area contributed by atoms with Crippen molar-refractivity contribution in [1.29, 1.82) is 0 Å². The summed E-state index contributed by atoms with van der Waals surface area (Å²) >= 11 is 0. The van der Waals surface area contributed by atoms with Crippen LogP contribution in [0.1, 0.15) is 68.6 Å². The first-order chi connectivity index (χ1) is 12.9. The molecule has 3 aliphatic carbocycles. The lowest BCUT2D eigenvalue weighted by Gasteiger charge is -2.54. The summed E-state index contributed by atoms with van der Waals surface area (Å²) in [5.41, 5.74) is 4.30. The van der Waals surface area contributed by atoms with E-state index in [2.05, 4.69) is 26.0 Å². The monoisotopic (exact) mass is 364 g/mol. The minimum absolute atomic E-state index is 0.0555. The minimum atomic E-state index is -0.110. The zero-order valence-electron chi connectivity index (χ0n) is 16.3. The molecule has 0 spiro atoms. The van der Waals surface area contributed by atoms with Gasteiger partial charge in [0.1, 0.15) is 11.6 Å². The van der Waals surface area contributed by atoms with Gasteiger partial charge in [0.2, 0.25) is 0 Å². The molecule has 0 aliphatic heterocycles. The molecule has 2 heteroatoms. The molecule has 0 amide bonds. The maximum atomic E-state index is 14.0. The van der Waals surface area contributed by atoms with Gasteiger partial charge in [-0.25, -0.2) is 4.39 Å². The molecule has 0 radical (unpaired) electrons. The van der Waals surface area contributed by atoms with Gasteiger partial charge in [-0.2, -0.15) is 0 Å². The molecule has 2 fully saturated rings. The van der Waals surface area contributed by atoms with E-state index in [0.717, 1.165) is 18.8 Å². The van der Waals surface area contributed by atoms with Crippen molar-refractivity contribution in [3.05, 3.63) is 65.0 Å². The lowest BCUT2D eigenvalue weighted by molar-refractivity contribution is 0.0175. The van der Waals surface area contributed by atoms with E-state index in [1.807, 2.05) is 18.2 Å². The SMILES string of the molecule is C[C@]12CC[C@@H]3c4ccc(O)cc4CC[C@H]3[C@@H]1CC[C@]2(C)c1cccc(F)c1. The first-order valence-corrected chi connectivity index (χ1v) is 10.5. The van der Waals surface area contributed by atoms with Gasteiger partial charge < -0.3 is 5.11 Å². The second-order valence-electron chi connectivity index (χ2n) is 9.64. The first kappa shape index (κ1) is 17.3. The minimum Gasteiger partial charge on any atom is -0.508 e. The number of fused-ring (bicyclic) bond motifs is 5. The molecular formula is C25H29FO. The van der Waals surface area contributed by atoms with Crippen LogP contribution in [0.5, 0.6) is 5.75 Å². The van der Waals surface area contributed by atoms with Crippen molar-refractivity contribution >= 4 is 0 Å². The molecule has 0 aromatic heterocycles. The van der Waals surface area contributed by atoms with Crippen LogP contribution in [0.25, 0.3) is 0 Å². The lowest BCUT2D eigenvalue weighted by atomic mass is 9.50.